The predicted molar refractivity (Wildman–Crippen MR) is 90.5 cm³/mol. The molecule has 0 saturated carbocycles. The minimum absolute atomic E-state index is 0.404. The maximum absolute atomic E-state index is 6.07. The molecule has 3 aromatic heterocycles. The zero-order valence-electron chi connectivity index (χ0n) is 12.2. The summed E-state index contributed by atoms with van der Waals surface area (Å²) in [5.74, 6) is 0.404. The van der Waals surface area contributed by atoms with Crippen molar-refractivity contribution in [2.75, 3.05) is 11.5 Å². The van der Waals surface area contributed by atoms with Gasteiger partial charge in [0.05, 0.1) is 11.3 Å². The number of nitrogens with two attached hydrogens (primary N) is 2. The number of hydrogen-bond acceptors (Lipinski definition) is 5. The van der Waals surface area contributed by atoms with Crippen LogP contribution in [0.4, 0.5) is 11.5 Å². The van der Waals surface area contributed by atoms with Crippen molar-refractivity contribution < 1.29 is 0 Å². The van der Waals surface area contributed by atoms with Gasteiger partial charge >= 0.3 is 0 Å². The topological polar surface area (TPSA) is 95.1 Å². The van der Waals surface area contributed by atoms with Gasteiger partial charge in [0.2, 0.25) is 0 Å². The van der Waals surface area contributed by atoms with Gasteiger partial charge in [0.1, 0.15) is 0 Å². The molecular weight excluding hydrogens is 288 g/mol. The van der Waals surface area contributed by atoms with Gasteiger partial charge < -0.3 is 11.5 Å². The van der Waals surface area contributed by atoms with Gasteiger partial charge in [0.15, 0.2) is 11.5 Å². The Bertz CT molecular complexity index is 991. The van der Waals surface area contributed by atoms with Crippen molar-refractivity contribution in [1.29, 1.82) is 0 Å². The maximum Gasteiger partial charge on any atom is 0.166 e. The number of anilines is 2. The Balaban J connectivity index is 1.89. The van der Waals surface area contributed by atoms with Gasteiger partial charge in [-0.25, -0.2) is 9.50 Å². The van der Waals surface area contributed by atoms with Crippen molar-refractivity contribution in [3.8, 4) is 22.4 Å². The monoisotopic (exact) mass is 302 g/mol. The molecule has 0 unspecified atom stereocenters. The lowest BCUT2D eigenvalue weighted by molar-refractivity contribution is 0.947. The molecule has 23 heavy (non-hydrogen) atoms. The van der Waals surface area contributed by atoms with Crippen LogP contribution < -0.4 is 11.5 Å². The molecule has 0 spiro atoms. The highest BCUT2D eigenvalue weighted by molar-refractivity contribution is 5.84. The van der Waals surface area contributed by atoms with Crippen LogP contribution in [0, 0.1) is 0 Å². The standard InChI is InChI=1S/C17H14N6/c18-13-5-3-4-11(8-13)12-9-21-17-15(14-6-1-2-7-20-14)16(19)22-23(17)10-12/h1-10H,18H2,(H2,19,22). The van der Waals surface area contributed by atoms with Gasteiger partial charge in [-0.15, -0.1) is 5.10 Å². The number of fused-ring (bicyclic) bond motifs is 1. The molecule has 4 N–H and O–H groups in total. The minimum atomic E-state index is 0.404. The fourth-order valence-corrected chi connectivity index (χ4v) is 2.58. The molecule has 0 atom stereocenters. The number of benzene rings is 1. The Hall–Kier alpha value is -3.41. The van der Waals surface area contributed by atoms with Crippen molar-refractivity contribution in [3.63, 3.8) is 0 Å². The van der Waals surface area contributed by atoms with Crippen molar-refractivity contribution in [1.82, 2.24) is 19.6 Å². The van der Waals surface area contributed by atoms with E-state index in [9.17, 15) is 0 Å². The summed E-state index contributed by atoms with van der Waals surface area (Å²) in [7, 11) is 0. The number of hydrogen-bond donors (Lipinski definition) is 2. The summed E-state index contributed by atoms with van der Waals surface area (Å²) in [4.78, 5) is 8.86. The average molecular weight is 302 g/mol. The SMILES string of the molecule is Nc1cccc(-c2cnc3c(-c4ccccn4)c(N)nn3c2)c1. The molecule has 0 bridgehead atoms. The van der Waals surface area contributed by atoms with E-state index in [-0.39, 0.29) is 0 Å². The smallest absolute Gasteiger partial charge is 0.166 e. The molecule has 6 nitrogen and oxygen atoms in total. The third-order valence-electron chi connectivity index (χ3n) is 3.64. The summed E-state index contributed by atoms with van der Waals surface area (Å²) >= 11 is 0. The van der Waals surface area contributed by atoms with Crippen LogP contribution in [0.3, 0.4) is 0 Å². The van der Waals surface area contributed by atoms with Crippen molar-refractivity contribution in [2.24, 2.45) is 0 Å². The van der Waals surface area contributed by atoms with Crippen LogP contribution in [0.1, 0.15) is 0 Å². The molecule has 0 saturated heterocycles. The van der Waals surface area contributed by atoms with E-state index in [0.717, 1.165) is 22.4 Å². The van der Waals surface area contributed by atoms with Crippen molar-refractivity contribution in [2.45, 2.75) is 0 Å². The zero-order chi connectivity index (χ0) is 15.8. The molecule has 0 aliphatic rings. The highest BCUT2D eigenvalue weighted by Crippen LogP contribution is 2.29. The summed E-state index contributed by atoms with van der Waals surface area (Å²) in [6.45, 7) is 0. The first-order valence-corrected chi connectivity index (χ1v) is 7.13. The van der Waals surface area contributed by atoms with E-state index in [1.54, 1.807) is 16.9 Å². The first-order chi connectivity index (χ1) is 11.2. The lowest BCUT2D eigenvalue weighted by Gasteiger charge is -2.03. The Kier molecular flexibility index (Phi) is 2.94. The van der Waals surface area contributed by atoms with E-state index in [2.05, 4.69) is 15.1 Å². The average Bonchev–Trinajstić information content (AvgIpc) is 2.90. The normalized spacial score (nSPS) is 11.0. The lowest BCUT2D eigenvalue weighted by Crippen LogP contribution is -1.93. The number of nitrogen functional groups attached to an aromatic ring is 2. The highest BCUT2D eigenvalue weighted by Gasteiger charge is 2.15. The van der Waals surface area contributed by atoms with Crippen LogP contribution in [-0.2, 0) is 0 Å². The van der Waals surface area contributed by atoms with Gasteiger partial charge in [-0.05, 0) is 29.8 Å². The second-order valence-electron chi connectivity index (χ2n) is 5.21. The number of rotatable bonds is 2. The van der Waals surface area contributed by atoms with E-state index < -0.39 is 0 Å². The molecule has 0 aliphatic carbocycles. The first-order valence-electron chi connectivity index (χ1n) is 7.13. The number of aromatic nitrogens is 4. The van der Waals surface area contributed by atoms with Gasteiger partial charge in [0.25, 0.3) is 0 Å². The summed E-state index contributed by atoms with van der Waals surface area (Å²) in [5, 5.41) is 4.36. The van der Waals surface area contributed by atoms with Crippen LogP contribution in [0.2, 0.25) is 0 Å². The molecule has 6 heteroatoms. The molecule has 3 heterocycles. The summed E-state index contributed by atoms with van der Waals surface area (Å²) in [6.07, 6.45) is 5.40. The molecule has 1 aromatic carbocycles. The fraction of sp³-hybridized carbons (Fsp3) is 0. The van der Waals surface area contributed by atoms with Crippen molar-refractivity contribution in [3.05, 3.63) is 61.1 Å². The second kappa shape index (κ2) is 5.10. The lowest BCUT2D eigenvalue weighted by atomic mass is 10.1. The summed E-state index contributed by atoms with van der Waals surface area (Å²) in [5.41, 5.74) is 16.7. The van der Waals surface area contributed by atoms with E-state index in [0.29, 0.717) is 17.2 Å². The summed E-state index contributed by atoms with van der Waals surface area (Å²) < 4.78 is 1.68. The molecule has 4 aromatic rings. The summed E-state index contributed by atoms with van der Waals surface area (Å²) in [6, 6.07) is 13.3. The minimum Gasteiger partial charge on any atom is -0.399 e. The van der Waals surface area contributed by atoms with Crippen LogP contribution >= 0.6 is 0 Å². The Morgan fingerprint density at radius 1 is 0.913 bits per heavy atom. The van der Waals surface area contributed by atoms with E-state index in [1.807, 2.05) is 48.7 Å². The van der Waals surface area contributed by atoms with Gasteiger partial charge in [-0.2, -0.15) is 0 Å². The highest BCUT2D eigenvalue weighted by atomic mass is 15.3. The van der Waals surface area contributed by atoms with Crippen LogP contribution in [0.25, 0.3) is 28.0 Å². The number of nitrogens with zero attached hydrogens (tertiary/aromatic N) is 4. The molecular formula is C17H14N6. The molecule has 0 aliphatic heterocycles. The molecule has 0 radical (unpaired) electrons. The maximum atomic E-state index is 6.07. The largest absolute Gasteiger partial charge is 0.399 e. The van der Waals surface area contributed by atoms with E-state index >= 15 is 0 Å². The second-order valence-corrected chi connectivity index (χ2v) is 5.21. The van der Waals surface area contributed by atoms with Crippen LogP contribution in [0.5, 0.6) is 0 Å². The van der Waals surface area contributed by atoms with Gasteiger partial charge in [-0.1, -0.05) is 18.2 Å². The van der Waals surface area contributed by atoms with E-state index in [4.69, 9.17) is 11.5 Å². The zero-order valence-corrected chi connectivity index (χ0v) is 12.2. The molecule has 0 fully saturated rings. The van der Waals surface area contributed by atoms with Crippen molar-refractivity contribution >= 4 is 17.2 Å². The first kappa shape index (κ1) is 13.3. The van der Waals surface area contributed by atoms with Gasteiger partial charge in [0, 0.05) is 29.8 Å². The third-order valence-corrected chi connectivity index (χ3v) is 3.64. The molecule has 4 rings (SSSR count). The third kappa shape index (κ3) is 2.26. The number of pyridine rings is 1. The van der Waals surface area contributed by atoms with E-state index in [1.165, 1.54) is 0 Å². The predicted octanol–water partition coefficient (Wildman–Crippen LogP) is 2.62. The molecule has 112 valence electrons. The van der Waals surface area contributed by atoms with Crippen LogP contribution in [0.15, 0.2) is 61.1 Å². The Morgan fingerprint density at radius 2 is 1.83 bits per heavy atom. The fourth-order valence-electron chi connectivity index (χ4n) is 2.58. The molecule has 0 amide bonds. The Labute approximate surface area is 132 Å². The van der Waals surface area contributed by atoms with Crippen LogP contribution in [-0.4, -0.2) is 19.6 Å². The van der Waals surface area contributed by atoms with Gasteiger partial charge in [-0.3, -0.25) is 4.98 Å². The quantitative estimate of drug-likeness (QED) is 0.555. The Morgan fingerprint density at radius 3 is 2.61 bits per heavy atom.